The zero-order valence-electron chi connectivity index (χ0n) is 14.6. The average Bonchev–Trinajstić information content (AvgIpc) is 3.11. The van der Waals surface area contributed by atoms with Crippen molar-refractivity contribution >= 4 is 5.91 Å². The maximum Gasteiger partial charge on any atom is 0.253 e. The number of amides is 1. The van der Waals surface area contributed by atoms with E-state index in [2.05, 4.69) is 16.9 Å². The van der Waals surface area contributed by atoms with E-state index in [0.717, 1.165) is 31.0 Å². The SMILES string of the molecule is CC[C@H](c1ccccc1C(N)=O)C1[C@H]2CC(Oc3ncncc3F)C[C@H]12. The minimum absolute atomic E-state index is 0.00506. The zero-order chi connectivity index (χ0) is 18.3. The van der Waals surface area contributed by atoms with Crippen LogP contribution in [0.5, 0.6) is 5.88 Å². The Labute approximate surface area is 151 Å². The highest BCUT2D eigenvalue weighted by Gasteiger charge is 2.59. The second-order valence-electron chi connectivity index (χ2n) is 7.26. The van der Waals surface area contributed by atoms with Gasteiger partial charge >= 0.3 is 0 Å². The first-order valence-corrected chi connectivity index (χ1v) is 9.11. The molecule has 0 aliphatic heterocycles. The summed E-state index contributed by atoms with van der Waals surface area (Å²) in [6, 6.07) is 7.64. The Morgan fingerprint density at radius 2 is 2.08 bits per heavy atom. The molecule has 4 rings (SSSR count). The molecule has 5 nitrogen and oxygen atoms in total. The summed E-state index contributed by atoms with van der Waals surface area (Å²) in [5, 5.41) is 0. The van der Waals surface area contributed by atoms with Gasteiger partial charge in [-0.05, 0) is 54.6 Å². The van der Waals surface area contributed by atoms with Crippen LogP contribution in [-0.2, 0) is 0 Å². The molecule has 3 atom stereocenters. The molecular weight excluding hydrogens is 333 g/mol. The van der Waals surface area contributed by atoms with Crippen LogP contribution in [0.15, 0.2) is 36.8 Å². The molecule has 2 aliphatic rings. The van der Waals surface area contributed by atoms with Crippen LogP contribution in [0.2, 0.25) is 0 Å². The van der Waals surface area contributed by atoms with E-state index in [4.69, 9.17) is 10.5 Å². The van der Waals surface area contributed by atoms with Gasteiger partial charge in [-0.25, -0.2) is 4.98 Å². The van der Waals surface area contributed by atoms with Gasteiger partial charge in [0.25, 0.3) is 5.88 Å². The van der Waals surface area contributed by atoms with Crippen LogP contribution in [0.3, 0.4) is 0 Å². The highest BCUT2D eigenvalue weighted by atomic mass is 19.1. The largest absolute Gasteiger partial charge is 0.472 e. The molecule has 136 valence electrons. The molecule has 6 heteroatoms. The predicted octanol–water partition coefficient (Wildman–Crippen LogP) is 3.31. The van der Waals surface area contributed by atoms with Crippen molar-refractivity contribution in [2.24, 2.45) is 23.5 Å². The Kier molecular flexibility index (Phi) is 4.34. The number of hydrogen-bond donors (Lipinski definition) is 1. The van der Waals surface area contributed by atoms with E-state index in [9.17, 15) is 9.18 Å². The maximum absolute atomic E-state index is 13.7. The smallest absolute Gasteiger partial charge is 0.253 e. The standard InChI is InChI=1S/C20H22FN3O2/c1-2-12(13-5-3-4-6-14(13)19(22)25)18-15-7-11(8-16(15)18)26-20-17(21)9-23-10-24-20/h3-6,9-12,15-16,18H,2,7-8H2,1H3,(H2,22,25)/t11?,12-,15+,16+,18?/m1/s1. The minimum atomic E-state index is -0.522. The fourth-order valence-corrected chi connectivity index (χ4v) is 4.83. The van der Waals surface area contributed by atoms with E-state index in [0.29, 0.717) is 29.2 Å². The van der Waals surface area contributed by atoms with Gasteiger partial charge in [0.2, 0.25) is 11.7 Å². The van der Waals surface area contributed by atoms with E-state index in [1.54, 1.807) is 0 Å². The molecule has 1 heterocycles. The van der Waals surface area contributed by atoms with Crippen LogP contribution in [0.1, 0.15) is 48.0 Å². The Morgan fingerprint density at radius 1 is 1.35 bits per heavy atom. The molecule has 2 aromatic rings. The van der Waals surface area contributed by atoms with E-state index in [-0.39, 0.29) is 17.9 Å². The van der Waals surface area contributed by atoms with Crippen molar-refractivity contribution in [3.63, 3.8) is 0 Å². The van der Waals surface area contributed by atoms with Gasteiger partial charge in [-0.15, -0.1) is 0 Å². The molecule has 26 heavy (non-hydrogen) atoms. The van der Waals surface area contributed by atoms with Crippen LogP contribution >= 0.6 is 0 Å². The third-order valence-corrected chi connectivity index (χ3v) is 5.91. The summed E-state index contributed by atoms with van der Waals surface area (Å²) < 4.78 is 19.4. The first kappa shape index (κ1) is 16.9. The number of carbonyl (C=O) groups excluding carboxylic acids is 1. The van der Waals surface area contributed by atoms with Crippen LogP contribution in [0.4, 0.5) is 4.39 Å². The van der Waals surface area contributed by atoms with Gasteiger partial charge in [0, 0.05) is 5.56 Å². The topological polar surface area (TPSA) is 78.1 Å². The van der Waals surface area contributed by atoms with Gasteiger partial charge < -0.3 is 10.5 Å². The molecular formula is C20H22FN3O2. The van der Waals surface area contributed by atoms with Gasteiger partial charge in [0.1, 0.15) is 12.4 Å². The summed E-state index contributed by atoms with van der Waals surface area (Å²) in [6.45, 7) is 2.15. The fraction of sp³-hybridized carbons (Fsp3) is 0.450. The molecule has 2 fully saturated rings. The highest BCUT2D eigenvalue weighted by Crippen LogP contribution is 2.64. The summed E-state index contributed by atoms with van der Waals surface area (Å²) in [5.41, 5.74) is 7.24. The van der Waals surface area contributed by atoms with E-state index < -0.39 is 5.82 Å². The van der Waals surface area contributed by atoms with Crippen molar-refractivity contribution in [3.05, 3.63) is 53.7 Å². The molecule has 1 aromatic heterocycles. The maximum atomic E-state index is 13.7. The first-order chi connectivity index (χ1) is 12.6. The van der Waals surface area contributed by atoms with Crippen LogP contribution < -0.4 is 10.5 Å². The Balaban J connectivity index is 1.45. The first-order valence-electron chi connectivity index (χ1n) is 9.11. The molecule has 0 unspecified atom stereocenters. The van der Waals surface area contributed by atoms with Gasteiger partial charge in [-0.2, -0.15) is 9.37 Å². The Hall–Kier alpha value is -2.50. The highest BCUT2D eigenvalue weighted by molar-refractivity contribution is 5.94. The van der Waals surface area contributed by atoms with Crippen molar-refractivity contribution < 1.29 is 13.9 Å². The number of benzene rings is 1. The van der Waals surface area contributed by atoms with Crippen LogP contribution in [-0.4, -0.2) is 22.0 Å². The fourth-order valence-electron chi connectivity index (χ4n) is 4.83. The predicted molar refractivity (Wildman–Crippen MR) is 94.1 cm³/mol. The average molecular weight is 355 g/mol. The molecule has 2 saturated carbocycles. The number of rotatable bonds is 6. The van der Waals surface area contributed by atoms with Gasteiger partial charge in [-0.1, -0.05) is 25.1 Å². The van der Waals surface area contributed by atoms with Crippen molar-refractivity contribution in [1.29, 1.82) is 0 Å². The number of halogens is 1. The number of fused-ring (bicyclic) bond motifs is 1. The van der Waals surface area contributed by atoms with E-state index in [1.165, 1.54) is 6.33 Å². The lowest BCUT2D eigenvalue weighted by atomic mass is 9.84. The van der Waals surface area contributed by atoms with Crippen molar-refractivity contribution in [3.8, 4) is 5.88 Å². The number of carbonyl (C=O) groups is 1. The zero-order valence-corrected chi connectivity index (χ0v) is 14.6. The van der Waals surface area contributed by atoms with Crippen LogP contribution in [0, 0.1) is 23.6 Å². The van der Waals surface area contributed by atoms with E-state index in [1.807, 2.05) is 24.3 Å². The molecule has 2 N–H and O–H groups in total. The lowest BCUT2D eigenvalue weighted by molar-refractivity contribution is 0.0998. The van der Waals surface area contributed by atoms with Gasteiger partial charge in [-0.3, -0.25) is 4.79 Å². The van der Waals surface area contributed by atoms with Crippen molar-refractivity contribution in [2.75, 3.05) is 0 Å². The lowest BCUT2D eigenvalue weighted by Gasteiger charge is -2.22. The summed E-state index contributed by atoms with van der Waals surface area (Å²) in [6.07, 6.45) is 5.17. The monoisotopic (exact) mass is 355 g/mol. The summed E-state index contributed by atoms with van der Waals surface area (Å²) in [7, 11) is 0. The van der Waals surface area contributed by atoms with Crippen molar-refractivity contribution in [2.45, 2.75) is 38.2 Å². The van der Waals surface area contributed by atoms with Gasteiger partial charge in [0.15, 0.2) is 0 Å². The molecule has 1 amide bonds. The van der Waals surface area contributed by atoms with E-state index >= 15 is 0 Å². The van der Waals surface area contributed by atoms with Crippen molar-refractivity contribution in [1.82, 2.24) is 9.97 Å². The molecule has 0 spiro atoms. The number of primary amides is 1. The summed E-state index contributed by atoms with van der Waals surface area (Å²) >= 11 is 0. The lowest BCUT2D eigenvalue weighted by Crippen LogP contribution is -2.20. The Morgan fingerprint density at radius 3 is 2.73 bits per heavy atom. The third kappa shape index (κ3) is 2.93. The molecule has 1 aromatic carbocycles. The quantitative estimate of drug-likeness (QED) is 0.862. The number of nitrogens with two attached hydrogens (primary N) is 1. The number of aromatic nitrogens is 2. The minimum Gasteiger partial charge on any atom is -0.472 e. The molecule has 0 bridgehead atoms. The number of ether oxygens (including phenoxy) is 1. The van der Waals surface area contributed by atoms with Crippen LogP contribution in [0.25, 0.3) is 0 Å². The third-order valence-electron chi connectivity index (χ3n) is 5.91. The molecule has 0 radical (unpaired) electrons. The normalized spacial score (nSPS) is 25.5. The molecule has 2 aliphatic carbocycles. The number of nitrogens with zero attached hydrogens (tertiary/aromatic N) is 2. The Bertz CT molecular complexity index is 816. The summed E-state index contributed by atoms with van der Waals surface area (Å²) in [5.74, 6) is 1.11. The number of hydrogen-bond acceptors (Lipinski definition) is 4. The second-order valence-corrected chi connectivity index (χ2v) is 7.26. The molecule has 0 saturated heterocycles. The summed E-state index contributed by atoms with van der Waals surface area (Å²) in [4.78, 5) is 19.3. The van der Waals surface area contributed by atoms with Gasteiger partial charge in [0.05, 0.1) is 6.20 Å². The second kappa shape index (κ2) is 6.67.